The van der Waals surface area contributed by atoms with Gasteiger partial charge in [-0.25, -0.2) is 0 Å². The maximum Gasteiger partial charge on any atom is 0.0246 e. The maximum absolute atomic E-state index is 5.79. The topological polar surface area (TPSA) is 29.3 Å². The molecule has 1 rings (SSSR count). The lowest BCUT2D eigenvalue weighted by molar-refractivity contribution is 0.110. The molecule has 0 radical (unpaired) electrons. The van der Waals surface area contributed by atoms with Crippen molar-refractivity contribution < 1.29 is 0 Å². The Balaban J connectivity index is 2.40. The molecule has 0 bridgehead atoms. The Labute approximate surface area is 76.1 Å². The molecule has 2 heteroatoms. The zero-order valence-corrected chi connectivity index (χ0v) is 8.42. The van der Waals surface area contributed by atoms with Gasteiger partial charge in [-0.2, -0.15) is 0 Å². The van der Waals surface area contributed by atoms with Gasteiger partial charge in [-0.3, -0.25) is 4.90 Å². The van der Waals surface area contributed by atoms with Crippen molar-refractivity contribution in [1.82, 2.24) is 4.90 Å². The largest absolute Gasteiger partial charge is 0.329 e. The van der Waals surface area contributed by atoms with E-state index < -0.39 is 0 Å². The lowest BCUT2D eigenvalue weighted by Gasteiger charge is -2.39. The molecule has 12 heavy (non-hydrogen) atoms. The van der Waals surface area contributed by atoms with Gasteiger partial charge in [-0.05, 0) is 31.8 Å². The molecule has 2 N–H and O–H groups in total. The second-order valence-electron chi connectivity index (χ2n) is 3.72. The summed E-state index contributed by atoms with van der Waals surface area (Å²) in [6, 6.07) is 0.661. The molecule has 0 saturated heterocycles. The van der Waals surface area contributed by atoms with Crippen molar-refractivity contribution in [2.45, 2.75) is 39.2 Å². The fourth-order valence-electron chi connectivity index (χ4n) is 2.16. The van der Waals surface area contributed by atoms with Crippen LogP contribution in [0, 0.1) is 5.92 Å². The van der Waals surface area contributed by atoms with E-state index in [0.29, 0.717) is 6.04 Å². The van der Waals surface area contributed by atoms with Gasteiger partial charge in [0.25, 0.3) is 0 Å². The van der Waals surface area contributed by atoms with Crippen LogP contribution in [0.1, 0.15) is 33.1 Å². The molecule has 0 aromatic carbocycles. The molecular weight excluding hydrogens is 148 g/mol. The monoisotopic (exact) mass is 170 g/mol. The normalized spacial score (nSPS) is 21.0. The molecule has 0 amide bonds. The zero-order valence-electron chi connectivity index (χ0n) is 8.42. The highest BCUT2D eigenvalue weighted by Crippen LogP contribution is 2.31. The van der Waals surface area contributed by atoms with Gasteiger partial charge in [0.1, 0.15) is 0 Å². The van der Waals surface area contributed by atoms with Crippen molar-refractivity contribution >= 4 is 0 Å². The first-order chi connectivity index (χ1) is 5.83. The van der Waals surface area contributed by atoms with Crippen LogP contribution in [-0.2, 0) is 0 Å². The third-order valence-corrected chi connectivity index (χ3v) is 3.22. The van der Waals surface area contributed by atoms with E-state index >= 15 is 0 Å². The molecule has 0 heterocycles. The molecule has 0 spiro atoms. The molecule has 0 aromatic heterocycles. The van der Waals surface area contributed by atoms with Gasteiger partial charge in [-0.15, -0.1) is 0 Å². The number of hydrogen-bond donors (Lipinski definition) is 1. The summed E-state index contributed by atoms with van der Waals surface area (Å²) in [6.45, 7) is 7.59. The minimum atomic E-state index is 0.661. The second kappa shape index (κ2) is 4.83. The quantitative estimate of drug-likeness (QED) is 0.677. The van der Waals surface area contributed by atoms with E-state index in [0.717, 1.165) is 25.6 Å². The van der Waals surface area contributed by atoms with Crippen LogP contribution in [0.15, 0.2) is 0 Å². The highest BCUT2D eigenvalue weighted by molar-refractivity contribution is 4.84. The van der Waals surface area contributed by atoms with Crippen molar-refractivity contribution in [3.8, 4) is 0 Å². The minimum absolute atomic E-state index is 0.661. The number of nitrogens with zero attached hydrogens (tertiary/aromatic N) is 1. The Kier molecular flexibility index (Phi) is 4.02. The average molecular weight is 170 g/mol. The summed E-state index contributed by atoms with van der Waals surface area (Å²) >= 11 is 0. The highest BCUT2D eigenvalue weighted by atomic mass is 15.2. The lowest BCUT2D eigenvalue weighted by atomic mass is 9.79. The fraction of sp³-hybridized carbons (Fsp3) is 1.00. The van der Waals surface area contributed by atoms with Gasteiger partial charge in [0.05, 0.1) is 0 Å². The van der Waals surface area contributed by atoms with Gasteiger partial charge in [-0.1, -0.05) is 20.3 Å². The van der Waals surface area contributed by atoms with E-state index in [9.17, 15) is 0 Å². The smallest absolute Gasteiger partial charge is 0.0246 e. The van der Waals surface area contributed by atoms with Gasteiger partial charge in [0.2, 0.25) is 0 Å². The van der Waals surface area contributed by atoms with Crippen LogP contribution < -0.4 is 5.73 Å². The Morgan fingerprint density at radius 2 is 1.92 bits per heavy atom. The third-order valence-electron chi connectivity index (χ3n) is 3.22. The van der Waals surface area contributed by atoms with E-state index in [1.807, 2.05) is 0 Å². The van der Waals surface area contributed by atoms with Crippen LogP contribution in [0.2, 0.25) is 0 Å². The zero-order chi connectivity index (χ0) is 8.97. The number of hydrogen-bond acceptors (Lipinski definition) is 2. The molecule has 1 atom stereocenters. The van der Waals surface area contributed by atoms with Crippen molar-refractivity contribution in [2.75, 3.05) is 19.6 Å². The molecule has 1 aliphatic rings. The maximum atomic E-state index is 5.79. The molecule has 1 fully saturated rings. The predicted molar refractivity (Wildman–Crippen MR) is 53.1 cm³/mol. The predicted octanol–water partition coefficient (Wildman–Crippen LogP) is 1.46. The first kappa shape index (κ1) is 10.0. The third kappa shape index (κ3) is 1.99. The van der Waals surface area contributed by atoms with Crippen LogP contribution in [0.25, 0.3) is 0 Å². The average Bonchev–Trinajstić information content (AvgIpc) is 2.01. The van der Waals surface area contributed by atoms with Crippen LogP contribution in [0.4, 0.5) is 0 Å². The minimum Gasteiger partial charge on any atom is -0.329 e. The Morgan fingerprint density at radius 3 is 2.17 bits per heavy atom. The van der Waals surface area contributed by atoms with Crippen molar-refractivity contribution in [2.24, 2.45) is 11.7 Å². The molecule has 72 valence electrons. The van der Waals surface area contributed by atoms with Crippen molar-refractivity contribution in [3.05, 3.63) is 0 Å². The summed E-state index contributed by atoms with van der Waals surface area (Å²) in [4.78, 5) is 2.50. The van der Waals surface area contributed by atoms with E-state index in [-0.39, 0.29) is 0 Å². The molecule has 0 aliphatic heterocycles. The molecule has 1 saturated carbocycles. The van der Waals surface area contributed by atoms with Crippen molar-refractivity contribution in [1.29, 1.82) is 0 Å². The van der Waals surface area contributed by atoms with Crippen LogP contribution in [0.3, 0.4) is 0 Å². The first-order valence-electron chi connectivity index (χ1n) is 5.27. The molecule has 1 unspecified atom stereocenters. The van der Waals surface area contributed by atoms with Crippen LogP contribution in [-0.4, -0.2) is 30.6 Å². The summed E-state index contributed by atoms with van der Waals surface area (Å²) in [7, 11) is 0. The van der Waals surface area contributed by atoms with Gasteiger partial charge < -0.3 is 5.73 Å². The standard InChI is InChI=1S/C10H22N2/c1-3-12(4-2)10(8-11)9-6-5-7-9/h9-10H,3-8,11H2,1-2H3. The van der Waals surface area contributed by atoms with E-state index in [2.05, 4.69) is 18.7 Å². The SMILES string of the molecule is CCN(CC)C(CN)C1CCC1. The van der Waals surface area contributed by atoms with Crippen LogP contribution >= 0.6 is 0 Å². The van der Waals surface area contributed by atoms with E-state index in [1.165, 1.54) is 19.3 Å². The van der Waals surface area contributed by atoms with Crippen molar-refractivity contribution in [3.63, 3.8) is 0 Å². The molecule has 0 aromatic rings. The fourth-order valence-corrected chi connectivity index (χ4v) is 2.16. The number of likely N-dealkylation sites (N-methyl/N-ethyl adjacent to an activating group) is 1. The van der Waals surface area contributed by atoms with Gasteiger partial charge >= 0.3 is 0 Å². The number of nitrogens with two attached hydrogens (primary N) is 1. The van der Waals surface area contributed by atoms with Gasteiger partial charge in [0.15, 0.2) is 0 Å². The number of rotatable bonds is 5. The molecule has 1 aliphatic carbocycles. The summed E-state index contributed by atoms with van der Waals surface area (Å²) in [5, 5.41) is 0. The van der Waals surface area contributed by atoms with E-state index in [1.54, 1.807) is 0 Å². The summed E-state index contributed by atoms with van der Waals surface area (Å²) in [5.74, 6) is 0.898. The summed E-state index contributed by atoms with van der Waals surface area (Å²) in [6.07, 6.45) is 4.22. The Bertz CT molecular complexity index is 117. The molecule has 2 nitrogen and oxygen atoms in total. The lowest BCUT2D eigenvalue weighted by Crippen LogP contribution is -2.47. The Hall–Kier alpha value is -0.0800. The first-order valence-corrected chi connectivity index (χ1v) is 5.27. The summed E-state index contributed by atoms with van der Waals surface area (Å²) in [5.41, 5.74) is 5.79. The van der Waals surface area contributed by atoms with E-state index in [4.69, 9.17) is 5.73 Å². The van der Waals surface area contributed by atoms with Crippen LogP contribution in [0.5, 0.6) is 0 Å². The second-order valence-corrected chi connectivity index (χ2v) is 3.72. The molecular formula is C10H22N2. The van der Waals surface area contributed by atoms with Gasteiger partial charge in [0, 0.05) is 12.6 Å². The highest BCUT2D eigenvalue weighted by Gasteiger charge is 2.29. The Morgan fingerprint density at radius 1 is 1.33 bits per heavy atom. The summed E-state index contributed by atoms with van der Waals surface area (Å²) < 4.78 is 0.